The number of aryl methyl sites for hydroxylation is 1. The first-order valence-electron chi connectivity index (χ1n) is 8.29. The first kappa shape index (κ1) is 18.9. The number of nitrogens with one attached hydrogen (secondary N) is 1. The quantitative estimate of drug-likeness (QED) is 0.834. The number of hydrogen-bond acceptors (Lipinski definition) is 6. The van der Waals surface area contributed by atoms with Crippen LogP contribution in [0.25, 0.3) is 0 Å². The first-order chi connectivity index (χ1) is 12.4. The molecule has 26 heavy (non-hydrogen) atoms. The molecule has 1 aromatic carbocycles. The van der Waals surface area contributed by atoms with Crippen LogP contribution in [0.5, 0.6) is 0 Å². The lowest BCUT2D eigenvalue weighted by molar-refractivity contribution is -0.120. The van der Waals surface area contributed by atoms with Gasteiger partial charge in [-0.25, -0.2) is 12.8 Å². The van der Waals surface area contributed by atoms with Crippen LogP contribution in [0.3, 0.4) is 0 Å². The van der Waals surface area contributed by atoms with Crippen LogP contribution in [0.2, 0.25) is 0 Å². The summed E-state index contributed by atoms with van der Waals surface area (Å²) < 4.78 is 40.2. The number of benzene rings is 1. The largest absolute Gasteiger partial charge is 0.300 e. The normalized spacial score (nSPS) is 16.5. The lowest BCUT2D eigenvalue weighted by Crippen LogP contribution is -2.41. The number of amides is 1. The third kappa shape index (κ3) is 3.92. The zero-order valence-corrected chi connectivity index (χ0v) is 15.8. The van der Waals surface area contributed by atoms with Gasteiger partial charge in [0.15, 0.2) is 0 Å². The van der Waals surface area contributed by atoms with Crippen LogP contribution in [0.15, 0.2) is 29.2 Å². The van der Waals surface area contributed by atoms with Crippen molar-refractivity contribution in [1.29, 1.82) is 0 Å². The Kier molecular flexibility index (Phi) is 5.64. The number of sulfonamides is 1. The molecule has 140 valence electrons. The zero-order chi connectivity index (χ0) is 18.7. The van der Waals surface area contributed by atoms with Gasteiger partial charge in [-0.1, -0.05) is 30.4 Å². The summed E-state index contributed by atoms with van der Waals surface area (Å²) in [5.41, 5.74) is 0. The fourth-order valence-corrected chi connectivity index (χ4v) is 5.02. The van der Waals surface area contributed by atoms with Gasteiger partial charge in [-0.2, -0.15) is 4.31 Å². The number of piperidine rings is 1. The minimum absolute atomic E-state index is 0.172. The second kappa shape index (κ2) is 7.77. The van der Waals surface area contributed by atoms with Gasteiger partial charge in [0.25, 0.3) is 0 Å². The van der Waals surface area contributed by atoms with Crippen molar-refractivity contribution in [1.82, 2.24) is 14.5 Å². The van der Waals surface area contributed by atoms with E-state index < -0.39 is 15.8 Å². The zero-order valence-electron chi connectivity index (χ0n) is 14.2. The Balaban J connectivity index is 1.62. The molecule has 3 rings (SSSR count). The molecule has 7 nitrogen and oxygen atoms in total. The third-order valence-electron chi connectivity index (χ3n) is 4.28. The van der Waals surface area contributed by atoms with Crippen LogP contribution < -0.4 is 5.32 Å². The molecule has 0 saturated carbocycles. The maximum Gasteiger partial charge on any atom is 0.245 e. The van der Waals surface area contributed by atoms with E-state index in [2.05, 4.69) is 15.5 Å². The Morgan fingerprint density at radius 1 is 1.31 bits per heavy atom. The highest BCUT2D eigenvalue weighted by Crippen LogP contribution is 2.26. The number of halogens is 1. The molecule has 0 bridgehead atoms. The summed E-state index contributed by atoms with van der Waals surface area (Å²) >= 11 is 1.33. The summed E-state index contributed by atoms with van der Waals surface area (Å²) in [4.78, 5) is 12.0. The summed E-state index contributed by atoms with van der Waals surface area (Å²) in [6, 6.07) is 5.31. The van der Waals surface area contributed by atoms with Gasteiger partial charge in [-0.3, -0.25) is 4.79 Å². The van der Waals surface area contributed by atoms with Crippen LogP contribution in [0.4, 0.5) is 9.52 Å². The van der Waals surface area contributed by atoms with E-state index >= 15 is 0 Å². The van der Waals surface area contributed by atoms with Crippen LogP contribution in [0.1, 0.15) is 24.8 Å². The molecule has 0 aliphatic carbocycles. The number of carbonyl (C=O) groups is 1. The fourth-order valence-electron chi connectivity index (χ4n) is 2.81. The minimum Gasteiger partial charge on any atom is -0.300 e. The van der Waals surface area contributed by atoms with Gasteiger partial charge in [-0.05, 0) is 31.4 Å². The molecule has 1 fully saturated rings. The topological polar surface area (TPSA) is 92.3 Å². The fraction of sp³-hybridized carbons (Fsp3) is 0.438. The molecule has 1 aliphatic heterocycles. The molecule has 0 radical (unpaired) electrons. The van der Waals surface area contributed by atoms with E-state index in [1.54, 1.807) is 0 Å². The Labute approximate surface area is 155 Å². The molecule has 2 heterocycles. The molecular formula is C16H19FN4O3S2. The predicted octanol–water partition coefficient (Wildman–Crippen LogP) is 2.28. The number of nitrogens with zero attached hydrogens (tertiary/aromatic N) is 3. The minimum atomic E-state index is -3.89. The number of hydrogen-bond donors (Lipinski definition) is 1. The van der Waals surface area contributed by atoms with Crippen molar-refractivity contribution >= 4 is 32.4 Å². The van der Waals surface area contributed by atoms with Gasteiger partial charge in [-0.15, -0.1) is 10.2 Å². The van der Waals surface area contributed by atoms with Gasteiger partial charge < -0.3 is 5.32 Å². The predicted molar refractivity (Wildman–Crippen MR) is 95.8 cm³/mol. The SMILES string of the molecule is CCc1nnc(NC(=O)C2CCN(S(=O)(=O)c3ccccc3F)CC2)s1. The van der Waals surface area contributed by atoms with Crippen LogP contribution >= 0.6 is 11.3 Å². The van der Waals surface area contributed by atoms with Gasteiger partial charge >= 0.3 is 0 Å². The maximum absolute atomic E-state index is 13.8. The van der Waals surface area contributed by atoms with Crippen molar-refractivity contribution in [2.24, 2.45) is 5.92 Å². The van der Waals surface area contributed by atoms with E-state index in [-0.39, 0.29) is 29.8 Å². The number of carbonyl (C=O) groups excluding carboxylic acids is 1. The molecule has 0 spiro atoms. The molecule has 0 atom stereocenters. The monoisotopic (exact) mass is 398 g/mol. The third-order valence-corrected chi connectivity index (χ3v) is 7.19. The van der Waals surface area contributed by atoms with Crippen LogP contribution in [-0.2, 0) is 21.2 Å². The summed E-state index contributed by atoms with van der Waals surface area (Å²) in [5, 5.41) is 11.9. The average molecular weight is 398 g/mol. The molecule has 2 aromatic rings. The standard InChI is InChI=1S/C16H19FN4O3S2/c1-2-14-19-20-16(25-14)18-15(22)11-7-9-21(10-8-11)26(23,24)13-6-4-3-5-12(13)17/h3-6,11H,2,7-10H2,1H3,(H,18,20,22). The van der Waals surface area contributed by atoms with Crippen molar-refractivity contribution < 1.29 is 17.6 Å². The van der Waals surface area contributed by atoms with Crippen LogP contribution in [-0.4, -0.2) is 41.9 Å². The smallest absolute Gasteiger partial charge is 0.245 e. The van der Waals surface area contributed by atoms with E-state index in [4.69, 9.17) is 0 Å². The van der Waals surface area contributed by atoms with E-state index in [9.17, 15) is 17.6 Å². The van der Waals surface area contributed by atoms with Crippen molar-refractivity contribution in [2.45, 2.75) is 31.1 Å². The van der Waals surface area contributed by atoms with E-state index in [0.717, 1.165) is 17.5 Å². The van der Waals surface area contributed by atoms with Gasteiger partial charge in [0, 0.05) is 19.0 Å². The van der Waals surface area contributed by atoms with Gasteiger partial charge in [0.2, 0.25) is 21.1 Å². The van der Waals surface area contributed by atoms with Gasteiger partial charge in [0.05, 0.1) is 0 Å². The Bertz CT molecular complexity index is 892. The summed E-state index contributed by atoms with van der Waals surface area (Å²) in [5.74, 6) is -1.27. The molecule has 1 saturated heterocycles. The lowest BCUT2D eigenvalue weighted by Gasteiger charge is -2.30. The summed E-state index contributed by atoms with van der Waals surface area (Å²) in [6.45, 7) is 2.30. The molecular weight excluding hydrogens is 379 g/mol. The number of aromatic nitrogens is 2. The highest BCUT2D eigenvalue weighted by atomic mass is 32.2. The van der Waals surface area contributed by atoms with Crippen molar-refractivity contribution in [3.8, 4) is 0 Å². The van der Waals surface area contributed by atoms with Crippen molar-refractivity contribution in [3.63, 3.8) is 0 Å². The van der Waals surface area contributed by atoms with E-state index in [1.165, 1.54) is 33.8 Å². The van der Waals surface area contributed by atoms with E-state index in [1.807, 2.05) is 6.92 Å². The number of anilines is 1. The summed E-state index contributed by atoms with van der Waals surface area (Å²) in [7, 11) is -3.89. The van der Waals surface area contributed by atoms with Crippen molar-refractivity contribution in [2.75, 3.05) is 18.4 Å². The maximum atomic E-state index is 13.8. The average Bonchev–Trinajstić information content (AvgIpc) is 3.09. The Morgan fingerprint density at radius 2 is 2.00 bits per heavy atom. The summed E-state index contributed by atoms with van der Waals surface area (Å²) in [6.07, 6.45) is 1.50. The van der Waals surface area contributed by atoms with Crippen molar-refractivity contribution in [3.05, 3.63) is 35.1 Å². The molecule has 1 N–H and O–H groups in total. The highest BCUT2D eigenvalue weighted by Gasteiger charge is 2.33. The molecule has 1 aliphatic rings. The Hall–Kier alpha value is -1.91. The second-order valence-electron chi connectivity index (χ2n) is 5.95. The van der Waals surface area contributed by atoms with Gasteiger partial charge in [0.1, 0.15) is 15.7 Å². The van der Waals surface area contributed by atoms with E-state index in [0.29, 0.717) is 18.0 Å². The molecule has 1 aromatic heterocycles. The molecule has 1 amide bonds. The second-order valence-corrected chi connectivity index (χ2v) is 8.92. The molecule has 10 heteroatoms. The lowest BCUT2D eigenvalue weighted by atomic mass is 9.97. The Morgan fingerprint density at radius 3 is 2.62 bits per heavy atom. The molecule has 0 unspecified atom stereocenters. The highest BCUT2D eigenvalue weighted by molar-refractivity contribution is 7.89. The number of rotatable bonds is 5. The first-order valence-corrected chi connectivity index (χ1v) is 10.6. The van der Waals surface area contributed by atoms with Crippen LogP contribution in [0, 0.1) is 11.7 Å².